The van der Waals surface area contributed by atoms with Crippen molar-refractivity contribution in [1.82, 2.24) is 18.7 Å². The van der Waals surface area contributed by atoms with Crippen LogP contribution in [0, 0.1) is 17.9 Å². The SMILES string of the molecule is [C-]#[N+]c1cc(C#N)cnc1-c1ccccc1-n1c2ccc(-n3c4ccccc4c4ccccc43)cc2c2cc(-n3c4ccccc4c4ccccc43)ccc21. The summed E-state index contributed by atoms with van der Waals surface area (Å²) in [6.07, 6.45) is 1.54. The van der Waals surface area contributed by atoms with Crippen molar-refractivity contribution in [3.63, 3.8) is 0 Å². The molecule has 0 radical (unpaired) electrons. The summed E-state index contributed by atoms with van der Waals surface area (Å²) in [5, 5.41) is 16.6. The van der Waals surface area contributed by atoms with Gasteiger partial charge < -0.3 is 13.7 Å². The van der Waals surface area contributed by atoms with E-state index in [0.29, 0.717) is 16.9 Å². The minimum Gasteiger partial charge on any atom is -0.309 e. The predicted octanol–water partition coefficient (Wildman–Crippen LogP) is 12.5. The molecule has 55 heavy (non-hydrogen) atoms. The van der Waals surface area contributed by atoms with Crippen LogP contribution >= 0.6 is 0 Å². The van der Waals surface area contributed by atoms with Crippen molar-refractivity contribution in [2.45, 2.75) is 0 Å². The first-order valence-corrected chi connectivity index (χ1v) is 18.1. The number of hydrogen-bond acceptors (Lipinski definition) is 2. The first-order chi connectivity index (χ1) is 27.2. The van der Waals surface area contributed by atoms with Crippen LogP contribution in [-0.4, -0.2) is 18.7 Å². The molecule has 4 heterocycles. The van der Waals surface area contributed by atoms with Crippen molar-refractivity contribution in [3.8, 4) is 34.4 Å². The van der Waals surface area contributed by atoms with Gasteiger partial charge in [0, 0.05) is 55.5 Å². The monoisotopic (exact) mass is 700 g/mol. The molecule has 254 valence electrons. The normalized spacial score (nSPS) is 11.6. The van der Waals surface area contributed by atoms with Crippen molar-refractivity contribution < 1.29 is 0 Å². The topological polar surface area (TPSA) is 55.8 Å². The number of hydrogen-bond donors (Lipinski definition) is 0. The first-order valence-electron chi connectivity index (χ1n) is 18.1. The van der Waals surface area contributed by atoms with Gasteiger partial charge in [0.1, 0.15) is 0 Å². The van der Waals surface area contributed by atoms with E-state index in [4.69, 9.17) is 6.57 Å². The highest BCUT2D eigenvalue weighted by molar-refractivity contribution is 6.14. The van der Waals surface area contributed by atoms with Gasteiger partial charge in [-0.3, -0.25) is 4.98 Å². The van der Waals surface area contributed by atoms with E-state index >= 15 is 0 Å². The van der Waals surface area contributed by atoms with Crippen molar-refractivity contribution in [3.05, 3.63) is 187 Å². The third-order valence-corrected chi connectivity index (χ3v) is 10.9. The predicted molar refractivity (Wildman–Crippen MR) is 224 cm³/mol. The van der Waals surface area contributed by atoms with Gasteiger partial charge in [-0.15, -0.1) is 0 Å². The summed E-state index contributed by atoms with van der Waals surface area (Å²) in [5.74, 6) is 0. The van der Waals surface area contributed by atoms with Gasteiger partial charge in [0.25, 0.3) is 0 Å². The van der Waals surface area contributed by atoms with Gasteiger partial charge in [-0.05, 0) is 72.8 Å². The summed E-state index contributed by atoms with van der Waals surface area (Å²) in [7, 11) is 0. The number of aromatic nitrogens is 4. The molecule has 0 saturated heterocycles. The third kappa shape index (κ3) is 4.43. The summed E-state index contributed by atoms with van der Waals surface area (Å²) in [4.78, 5) is 8.48. The smallest absolute Gasteiger partial charge is 0.214 e. The lowest BCUT2D eigenvalue weighted by atomic mass is 10.1. The fraction of sp³-hybridized carbons (Fsp3) is 0. The number of rotatable bonds is 4. The number of fused-ring (bicyclic) bond motifs is 9. The molecule has 11 aromatic rings. The van der Waals surface area contributed by atoms with Gasteiger partial charge in [0.15, 0.2) is 0 Å². The van der Waals surface area contributed by atoms with Gasteiger partial charge >= 0.3 is 0 Å². The number of nitrogens with zero attached hydrogens (tertiary/aromatic N) is 6. The van der Waals surface area contributed by atoms with Crippen molar-refractivity contribution in [2.24, 2.45) is 0 Å². The van der Waals surface area contributed by atoms with Crippen LogP contribution in [0.15, 0.2) is 170 Å². The van der Waals surface area contributed by atoms with E-state index in [1.54, 1.807) is 12.3 Å². The maximum absolute atomic E-state index is 9.58. The van der Waals surface area contributed by atoms with Crippen molar-refractivity contribution in [2.75, 3.05) is 0 Å². The second kappa shape index (κ2) is 11.8. The lowest BCUT2D eigenvalue weighted by Gasteiger charge is -2.15. The van der Waals surface area contributed by atoms with Crippen LogP contribution in [-0.2, 0) is 0 Å². The largest absolute Gasteiger partial charge is 0.309 e. The van der Waals surface area contributed by atoms with E-state index < -0.39 is 0 Å². The highest BCUT2D eigenvalue weighted by Crippen LogP contribution is 2.42. The first kappa shape index (κ1) is 30.7. The van der Waals surface area contributed by atoms with E-state index in [1.165, 1.54) is 21.5 Å². The van der Waals surface area contributed by atoms with E-state index in [0.717, 1.165) is 66.5 Å². The standard InChI is InChI=1S/C49H28N6/c1-51-41-26-31(29-50)30-52-49(41)38-16-6-11-21-46(38)55-47-24-22-32(53-42-17-7-2-12-34(42)35-13-3-8-18-43(35)53)27-39(47)40-28-33(23-25-48(40)55)54-44-19-9-4-14-36(44)37-15-5-10-20-45(37)54/h2-28,30H. The Morgan fingerprint density at radius 3 is 1.38 bits per heavy atom. The zero-order valence-electron chi connectivity index (χ0n) is 29.3. The van der Waals surface area contributed by atoms with Gasteiger partial charge in [0.2, 0.25) is 5.69 Å². The lowest BCUT2D eigenvalue weighted by Crippen LogP contribution is -1.99. The molecule has 6 nitrogen and oxygen atoms in total. The molecule has 4 aromatic heterocycles. The molecule has 0 N–H and O–H groups in total. The molecule has 0 bridgehead atoms. The highest BCUT2D eigenvalue weighted by atomic mass is 15.0. The fourth-order valence-electron chi connectivity index (χ4n) is 8.61. The van der Waals surface area contributed by atoms with Gasteiger partial charge in [-0.2, -0.15) is 5.26 Å². The summed E-state index contributed by atoms with van der Waals surface area (Å²) in [6.45, 7) is 7.99. The van der Waals surface area contributed by atoms with Crippen LogP contribution in [0.1, 0.15) is 5.56 Å². The molecule has 0 aliphatic carbocycles. The maximum Gasteiger partial charge on any atom is 0.214 e. The van der Waals surface area contributed by atoms with Crippen LogP contribution in [0.5, 0.6) is 0 Å². The Morgan fingerprint density at radius 1 is 0.473 bits per heavy atom. The van der Waals surface area contributed by atoms with Crippen LogP contribution in [0.4, 0.5) is 5.69 Å². The average Bonchev–Trinajstić information content (AvgIpc) is 3.88. The minimum atomic E-state index is 0.342. The quantitative estimate of drug-likeness (QED) is 0.172. The summed E-state index contributed by atoms with van der Waals surface area (Å²) < 4.78 is 7.01. The molecule has 0 spiro atoms. The van der Waals surface area contributed by atoms with Gasteiger partial charge in [-0.1, -0.05) is 91.0 Å². The van der Waals surface area contributed by atoms with E-state index in [1.807, 2.05) is 18.2 Å². The number of para-hydroxylation sites is 5. The van der Waals surface area contributed by atoms with E-state index in [-0.39, 0.29) is 0 Å². The molecule has 0 aliphatic heterocycles. The van der Waals surface area contributed by atoms with Crippen molar-refractivity contribution in [1.29, 1.82) is 5.26 Å². The van der Waals surface area contributed by atoms with Crippen LogP contribution in [0.3, 0.4) is 0 Å². The molecule has 0 atom stereocenters. The molecule has 0 unspecified atom stereocenters. The number of benzene rings is 7. The maximum atomic E-state index is 9.58. The number of pyridine rings is 1. The molecule has 0 amide bonds. The minimum absolute atomic E-state index is 0.342. The summed E-state index contributed by atoms with van der Waals surface area (Å²) in [6, 6.07) is 59.7. The van der Waals surface area contributed by atoms with E-state index in [2.05, 4.69) is 169 Å². The van der Waals surface area contributed by atoms with Crippen LogP contribution < -0.4 is 0 Å². The number of nitriles is 1. The molecule has 7 aromatic carbocycles. The molecule has 11 rings (SSSR count). The Labute approximate surface area is 315 Å². The summed E-state index contributed by atoms with van der Waals surface area (Å²) in [5.41, 5.74) is 11.8. The second-order valence-electron chi connectivity index (χ2n) is 13.8. The van der Waals surface area contributed by atoms with Crippen molar-refractivity contribution >= 4 is 71.1 Å². The van der Waals surface area contributed by atoms with Gasteiger partial charge in [-0.25, -0.2) is 4.85 Å². The molecule has 0 aliphatic rings. The third-order valence-electron chi connectivity index (χ3n) is 10.9. The van der Waals surface area contributed by atoms with E-state index in [9.17, 15) is 5.26 Å². The van der Waals surface area contributed by atoms with Crippen LogP contribution in [0.25, 0.3) is 98.6 Å². The fourth-order valence-corrected chi connectivity index (χ4v) is 8.61. The Bertz CT molecular complexity index is 3190. The zero-order chi connectivity index (χ0) is 36.6. The summed E-state index contributed by atoms with van der Waals surface area (Å²) >= 11 is 0. The Hall–Kier alpha value is -7.93. The highest BCUT2D eigenvalue weighted by Gasteiger charge is 2.21. The molecule has 0 fully saturated rings. The molecule has 0 saturated carbocycles. The lowest BCUT2D eigenvalue weighted by molar-refractivity contribution is 1.16. The van der Waals surface area contributed by atoms with Crippen LogP contribution in [0.2, 0.25) is 0 Å². The zero-order valence-corrected chi connectivity index (χ0v) is 29.3. The molecular weight excluding hydrogens is 673 g/mol. The molecule has 6 heteroatoms. The average molecular weight is 701 g/mol. The Balaban J connectivity index is 1.24. The van der Waals surface area contributed by atoms with Gasteiger partial charge in [0.05, 0.1) is 62.7 Å². The Morgan fingerprint density at radius 2 is 0.909 bits per heavy atom. The Kier molecular flexibility index (Phi) is 6.58. The molecular formula is C49H28N6. The second-order valence-corrected chi connectivity index (χ2v) is 13.8.